The quantitative estimate of drug-likeness (QED) is 0.668. The van der Waals surface area contributed by atoms with E-state index < -0.39 is 0 Å². The van der Waals surface area contributed by atoms with Gasteiger partial charge >= 0.3 is 0 Å². The van der Waals surface area contributed by atoms with Crippen molar-refractivity contribution >= 4 is 11.3 Å². The molecule has 98 valence electrons. The van der Waals surface area contributed by atoms with Crippen molar-refractivity contribution in [1.82, 2.24) is 9.61 Å². The van der Waals surface area contributed by atoms with Gasteiger partial charge in [0.2, 0.25) is 0 Å². The Hall–Kier alpha value is -2.62. The molecular formula is C16H12N2O2. The van der Waals surface area contributed by atoms with Gasteiger partial charge in [0.25, 0.3) is 0 Å². The Labute approximate surface area is 115 Å². The summed E-state index contributed by atoms with van der Waals surface area (Å²) in [5.41, 5.74) is 3.25. The normalized spacial score (nSPS) is 13.2. The van der Waals surface area contributed by atoms with E-state index in [1.165, 1.54) is 0 Å². The van der Waals surface area contributed by atoms with Crippen molar-refractivity contribution in [3.63, 3.8) is 0 Å². The zero-order chi connectivity index (χ0) is 13.5. The molecule has 3 heterocycles. The number of carbonyl (C=O) groups excluding carboxylic acids is 1. The van der Waals surface area contributed by atoms with Crippen LogP contribution in [-0.4, -0.2) is 22.0 Å². The third kappa shape index (κ3) is 1.61. The minimum Gasteiger partial charge on any atom is -0.493 e. The lowest BCUT2D eigenvalue weighted by atomic mass is 10.0. The minimum atomic E-state index is 0.000833. The third-order valence-electron chi connectivity index (χ3n) is 3.62. The molecular weight excluding hydrogens is 252 g/mol. The Balaban J connectivity index is 1.80. The van der Waals surface area contributed by atoms with E-state index in [9.17, 15) is 4.79 Å². The highest BCUT2D eigenvalue weighted by molar-refractivity contribution is 6.13. The zero-order valence-corrected chi connectivity index (χ0v) is 10.7. The van der Waals surface area contributed by atoms with Crippen molar-refractivity contribution in [2.75, 3.05) is 6.61 Å². The monoisotopic (exact) mass is 264 g/mol. The first-order chi connectivity index (χ1) is 9.83. The second-order valence-corrected chi connectivity index (χ2v) is 4.84. The van der Waals surface area contributed by atoms with Gasteiger partial charge < -0.3 is 4.74 Å². The van der Waals surface area contributed by atoms with Crippen LogP contribution in [0, 0.1) is 0 Å². The molecule has 4 nitrogen and oxygen atoms in total. The van der Waals surface area contributed by atoms with E-state index in [4.69, 9.17) is 4.74 Å². The summed E-state index contributed by atoms with van der Waals surface area (Å²) in [5, 5.41) is 4.21. The van der Waals surface area contributed by atoms with Gasteiger partial charge in [-0.1, -0.05) is 6.07 Å². The number of rotatable bonds is 2. The van der Waals surface area contributed by atoms with Gasteiger partial charge in [0.05, 0.1) is 23.9 Å². The molecule has 0 amide bonds. The van der Waals surface area contributed by atoms with Crippen LogP contribution < -0.4 is 4.74 Å². The maximum atomic E-state index is 12.6. The minimum absolute atomic E-state index is 0.000833. The van der Waals surface area contributed by atoms with E-state index in [0.717, 1.165) is 23.3 Å². The molecule has 20 heavy (non-hydrogen) atoms. The molecule has 2 aromatic heterocycles. The largest absolute Gasteiger partial charge is 0.493 e. The van der Waals surface area contributed by atoms with Gasteiger partial charge in [0.15, 0.2) is 5.78 Å². The Bertz CT molecular complexity index is 820. The predicted octanol–water partition coefficient (Wildman–Crippen LogP) is 2.50. The number of aromatic nitrogens is 2. The fraction of sp³-hybridized carbons (Fsp3) is 0.125. The van der Waals surface area contributed by atoms with Crippen molar-refractivity contribution < 1.29 is 9.53 Å². The summed E-state index contributed by atoms with van der Waals surface area (Å²) in [7, 11) is 0. The first-order valence-electron chi connectivity index (χ1n) is 6.56. The maximum Gasteiger partial charge on any atom is 0.196 e. The van der Waals surface area contributed by atoms with E-state index in [2.05, 4.69) is 5.10 Å². The highest BCUT2D eigenvalue weighted by atomic mass is 16.5. The summed E-state index contributed by atoms with van der Waals surface area (Å²) in [6.45, 7) is 0.698. The second-order valence-electron chi connectivity index (χ2n) is 4.84. The molecule has 0 unspecified atom stereocenters. The van der Waals surface area contributed by atoms with Crippen LogP contribution in [0.4, 0.5) is 0 Å². The summed E-state index contributed by atoms with van der Waals surface area (Å²) < 4.78 is 7.18. The van der Waals surface area contributed by atoms with Crippen LogP contribution in [0.15, 0.2) is 48.8 Å². The van der Waals surface area contributed by atoms with Crippen molar-refractivity contribution in [1.29, 1.82) is 0 Å². The number of ketones is 1. The van der Waals surface area contributed by atoms with Crippen LogP contribution in [0.2, 0.25) is 0 Å². The van der Waals surface area contributed by atoms with E-state index in [0.29, 0.717) is 17.7 Å². The molecule has 0 saturated heterocycles. The van der Waals surface area contributed by atoms with E-state index >= 15 is 0 Å². The average Bonchev–Trinajstić information content (AvgIpc) is 3.12. The van der Waals surface area contributed by atoms with Crippen molar-refractivity contribution in [2.45, 2.75) is 6.42 Å². The van der Waals surface area contributed by atoms with Gasteiger partial charge in [-0.3, -0.25) is 4.79 Å². The summed E-state index contributed by atoms with van der Waals surface area (Å²) in [4.78, 5) is 12.6. The summed E-state index contributed by atoms with van der Waals surface area (Å²) in [6, 6.07) is 11.3. The number of ether oxygens (including phenoxy) is 1. The molecule has 1 aromatic carbocycles. The number of hydrogen-bond acceptors (Lipinski definition) is 3. The Morgan fingerprint density at radius 3 is 3.15 bits per heavy atom. The first kappa shape index (κ1) is 11.2. The highest BCUT2D eigenvalue weighted by Gasteiger charge is 2.18. The number of benzene rings is 1. The zero-order valence-electron chi connectivity index (χ0n) is 10.7. The van der Waals surface area contributed by atoms with E-state index in [1.54, 1.807) is 10.7 Å². The Kier molecular flexibility index (Phi) is 2.36. The molecule has 1 aliphatic rings. The molecule has 0 saturated carbocycles. The number of hydrogen-bond donors (Lipinski definition) is 0. The molecule has 4 rings (SSSR count). The molecule has 0 fully saturated rings. The predicted molar refractivity (Wildman–Crippen MR) is 74.3 cm³/mol. The smallest absolute Gasteiger partial charge is 0.196 e. The number of nitrogens with zero attached hydrogens (tertiary/aromatic N) is 2. The summed E-state index contributed by atoms with van der Waals surface area (Å²) >= 11 is 0. The molecule has 0 N–H and O–H groups in total. The van der Waals surface area contributed by atoms with Crippen molar-refractivity contribution in [3.8, 4) is 5.75 Å². The van der Waals surface area contributed by atoms with Crippen LogP contribution >= 0.6 is 0 Å². The number of pyridine rings is 1. The van der Waals surface area contributed by atoms with Crippen LogP contribution in [0.25, 0.3) is 5.52 Å². The SMILES string of the molecule is O=C(c1ccc2c(c1)CCO2)c1cnn2ccccc12. The van der Waals surface area contributed by atoms with Crippen LogP contribution in [0.3, 0.4) is 0 Å². The molecule has 3 aromatic rings. The molecule has 0 radical (unpaired) electrons. The van der Waals surface area contributed by atoms with Crippen LogP contribution in [-0.2, 0) is 6.42 Å². The summed E-state index contributed by atoms with van der Waals surface area (Å²) in [6.07, 6.45) is 4.33. The Morgan fingerprint density at radius 1 is 1.25 bits per heavy atom. The van der Waals surface area contributed by atoms with E-state index in [1.807, 2.05) is 42.6 Å². The van der Waals surface area contributed by atoms with Gasteiger partial charge in [-0.2, -0.15) is 5.10 Å². The lowest BCUT2D eigenvalue weighted by molar-refractivity contribution is 0.104. The average molecular weight is 264 g/mol. The molecule has 0 aliphatic carbocycles. The van der Waals surface area contributed by atoms with Gasteiger partial charge in [-0.05, 0) is 35.9 Å². The number of fused-ring (bicyclic) bond motifs is 2. The topological polar surface area (TPSA) is 43.6 Å². The molecule has 0 atom stereocenters. The molecule has 0 spiro atoms. The summed E-state index contributed by atoms with van der Waals surface area (Å²) in [5.74, 6) is 0.891. The number of carbonyl (C=O) groups is 1. The van der Waals surface area contributed by atoms with Gasteiger partial charge in [0, 0.05) is 18.2 Å². The molecule has 0 bridgehead atoms. The van der Waals surface area contributed by atoms with Crippen molar-refractivity contribution in [3.05, 3.63) is 65.5 Å². The van der Waals surface area contributed by atoms with Crippen LogP contribution in [0.1, 0.15) is 21.5 Å². The third-order valence-corrected chi connectivity index (χ3v) is 3.62. The molecule has 4 heteroatoms. The van der Waals surface area contributed by atoms with Gasteiger partial charge in [0.1, 0.15) is 5.75 Å². The first-order valence-corrected chi connectivity index (χ1v) is 6.56. The highest BCUT2D eigenvalue weighted by Crippen LogP contribution is 2.27. The van der Waals surface area contributed by atoms with Crippen LogP contribution in [0.5, 0.6) is 5.75 Å². The lowest BCUT2D eigenvalue weighted by Gasteiger charge is -2.03. The van der Waals surface area contributed by atoms with E-state index in [-0.39, 0.29) is 5.78 Å². The van der Waals surface area contributed by atoms with Gasteiger partial charge in [-0.25, -0.2) is 4.52 Å². The standard InChI is InChI=1S/C16H12N2O2/c19-16(12-4-5-15-11(9-12)6-8-20-15)13-10-17-18-7-2-1-3-14(13)18/h1-5,7,9-10H,6,8H2. The molecule has 1 aliphatic heterocycles. The maximum absolute atomic E-state index is 12.6. The van der Waals surface area contributed by atoms with Gasteiger partial charge in [-0.15, -0.1) is 0 Å². The van der Waals surface area contributed by atoms with Crippen molar-refractivity contribution in [2.24, 2.45) is 0 Å². The second kappa shape index (κ2) is 4.20. The lowest BCUT2D eigenvalue weighted by Crippen LogP contribution is -2.01. The fourth-order valence-corrected chi connectivity index (χ4v) is 2.59. The Morgan fingerprint density at radius 2 is 2.20 bits per heavy atom. The fourth-order valence-electron chi connectivity index (χ4n) is 2.59.